The Bertz CT molecular complexity index is 726. The van der Waals surface area contributed by atoms with E-state index < -0.39 is 0 Å². The Morgan fingerprint density at radius 3 is 2.43 bits per heavy atom. The van der Waals surface area contributed by atoms with E-state index in [4.69, 9.17) is 0 Å². The Morgan fingerprint density at radius 1 is 0.913 bits per heavy atom. The van der Waals surface area contributed by atoms with Crippen LogP contribution in [0.4, 0.5) is 0 Å². The number of rotatable bonds is 4. The molecule has 0 atom stereocenters. The Morgan fingerprint density at radius 2 is 1.70 bits per heavy atom. The third kappa shape index (κ3) is 3.41. The van der Waals surface area contributed by atoms with E-state index in [1.807, 2.05) is 30.6 Å². The van der Waals surface area contributed by atoms with Crippen LogP contribution in [0.25, 0.3) is 11.0 Å². The molecule has 1 N–H and O–H groups in total. The number of fused-ring (bicyclic) bond motifs is 1. The number of aromatic nitrogens is 3. The molecule has 0 aliphatic carbocycles. The number of piperazine rings is 1. The Kier molecular flexibility index (Phi) is 4.05. The molecule has 1 fully saturated rings. The average molecular weight is 307 g/mol. The monoisotopic (exact) mass is 307 g/mol. The highest BCUT2D eigenvalue weighted by molar-refractivity contribution is 5.74. The molecule has 3 heterocycles. The molecule has 0 amide bonds. The molecule has 1 aliphatic rings. The van der Waals surface area contributed by atoms with Crippen LogP contribution in [0.1, 0.15) is 11.4 Å². The summed E-state index contributed by atoms with van der Waals surface area (Å²) in [5.74, 6) is 1.06. The Labute approximate surface area is 136 Å². The topological polar surface area (TPSA) is 48.1 Å². The summed E-state index contributed by atoms with van der Waals surface area (Å²) in [4.78, 5) is 17.2. The Balaban J connectivity index is 1.32. The lowest BCUT2D eigenvalue weighted by Crippen LogP contribution is -2.45. The lowest BCUT2D eigenvalue weighted by Gasteiger charge is -2.34. The van der Waals surface area contributed by atoms with Crippen LogP contribution in [0.15, 0.2) is 48.8 Å². The predicted octanol–water partition coefficient (Wildman–Crippen LogP) is 2.28. The second-order valence-electron chi connectivity index (χ2n) is 6.11. The number of hydrogen-bond acceptors (Lipinski definition) is 4. The summed E-state index contributed by atoms with van der Waals surface area (Å²) in [6.07, 6.45) is 3.79. The first kappa shape index (κ1) is 14.4. The quantitative estimate of drug-likeness (QED) is 0.803. The first-order chi connectivity index (χ1) is 11.4. The number of aromatic amines is 1. The van der Waals surface area contributed by atoms with Crippen molar-refractivity contribution in [2.24, 2.45) is 0 Å². The fourth-order valence-corrected chi connectivity index (χ4v) is 3.15. The van der Waals surface area contributed by atoms with E-state index in [1.165, 1.54) is 5.56 Å². The second-order valence-corrected chi connectivity index (χ2v) is 6.11. The number of imidazole rings is 1. The number of H-pyrrole nitrogens is 1. The van der Waals surface area contributed by atoms with Gasteiger partial charge in [-0.3, -0.25) is 14.8 Å². The van der Waals surface area contributed by atoms with Crippen molar-refractivity contribution in [1.29, 1.82) is 0 Å². The number of pyridine rings is 1. The van der Waals surface area contributed by atoms with Crippen LogP contribution in [0.5, 0.6) is 0 Å². The Hall–Kier alpha value is -2.24. The first-order valence-corrected chi connectivity index (χ1v) is 8.14. The van der Waals surface area contributed by atoms with Crippen molar-refractivity contribution in [2.75, 3.05) is 26.2 Å². The number of para-hydroxylation sites is 2. The maximum Gasteiger partial charge on any atom is 0.121 e. The third-order valence-corrected chi connectivity index (χ3v) is 4.41. The molecule has 1 aromatic carbocycles. The van der Waals surface area contributed by atoms with Crippen molar-refractivity contribution < 1.29 is 0 Å². The van der Waals surface area contributed by atoms with Crippen molar-refractivity contribution in [3.8, 4) is 0 Å². The second kappa shape index (κ2) is 6.48. The highest BCUT2D eigenvalue weighted by Crippen LogP contribution is 2.13. The fourth-order valence-electron chi connectivity index (χ4n) is 3.15. The highest BCUT2D eigenvalue weighted by atomic mass is 15.3. The number of benzene rings is 1. The minimum absolute atomic E-state index is 0.898. The van der Waals surface area contributed by atoms with Crippen LogP contribution in [0, 0.1) is 0 Å². The molecule has 0 radical (unpaired) electrons. The zero-order valence-electron chi connectivity index (χ0n) is 13.2. The van der Waals surface area contributed by atoms with E-state index in [2.05, 4.69) is 43.0 Å². The summed E-state index contributed by atoms with van der Waals surface area (Å²) < 4.78 is 0. The van der Waals surface area contributed by atoms with Gasteiger partial charge in [0.2, 0.25) is 0 Å². The molecular formula is C18H21N5. The van der Waals surface area contributed by atoms with Gasteiger partial charge in [0.05, 0.1) is 17.6 Å². The number of nitrogens with zero attached hydrogens (tertiary/aromatic N) is 4. The van der Waals surface area contributed by atoms with Crippen molar-refractivity contribution in [1.82, 2.24) is 24.8 Å². The van der Waals surface area contributed by atoms with E-state index in [9.17, 15) is 0 Å². The minimum Gasteiger partial charge on any atom is -0.341 e. The zero-order chi connectivity index (χ0) is 15.5. The smallest absolute Gasteiger partial charge is 0.121 e. The summed E-state index contributed by atoms with van der Waals surface area (Å²) in [6, 6.07) is 12.4. The molecule has 118 valence electrons. The van der Waals surface area contributed by atoms with Gasteiger partial charge in [0.1, 0.15) is 5.82 Å². The molecule has 5 nitrogen and oxygen atoms in total. The number of hydrogen-bond donors (Lipinski definition) is 1. The van der Waals surface area contributed by atoms with E-state index in [1.54, 1.807) is 0 Å². The van der Waals surface area contributed by atoms with Crippen LogP contribution < -0.4 is 0 Å². The molecule has 2 aromatic heterocycles. The standard InChI is InChI=1S/C18H21N5/c1-2-6-17-16(5-1)20-18(21-17)14-23-10-8-22(9-11-23)13-15-4-3-7-19-12-15/h1-7,12H,8-11,13-14H2,(H,20,21). The molecule has 3 aromatic rings. The first-order valence-electron chi connectivity index (χ1n) is 8.14. The average Bonchev–Trinajstić information content (AvgIpc) is 3.00. The van der Waals surface area contributed by atoms with Crippen molar-refractivity contribution in [3.63, 3.8) is 0 Å². The van der Waals surface area contributed by atoms with Gasteiger partial charge in [-0.2, -0.15) is 0 Å². The molecule has 0 spiro atoms. The van der Waals surface area contributed by atoms with Gasteiger partial charge in [-0.15, -0.1) is 0 Å². The zero-order valence-corrected chi connectivity index (χ0v) is 13.2. The SMILES string of the molecule is c1cncc(CN2CCN(Cc3nc4ccccc4[nH]3)CC2)c1. The molecule has 23 heavy (non-hydrogen) atoms. The number of nitrogens with one attached hydrogen (secondary N) is 1. The molecule has 4 rings (SSSR count). The van der Waals surface area contributed by atoms with Crippen molar-refractivity contribution in [2.45, 2.75) is 13.1 Å². The van der Waals surface area contributed by atoms with Gasteiger partial charge in [0.25, 0.3) is 0 Å². The third-order valence-electron chi connectivity index (χ3n) is 4.41. The summed E-state index contributed by atoms with van der Waals surface area (Å²) in [6.45, 7) is 6.24. The van der Waals surface area contributed by atoms with Gasteiger partial charge in [-0.05, 0) is 23.8 Å². The van der Waals surface area contributed by atoms with E-state index in [0.717, 1.165) is 56.1 Å². The molecule has 1 saturated heterocycles. The van der Waals surface area contributed by atoms with Crippen LogP contribution in [0.2, 0.25) is 0 Å². The van der Waals surface area contributed by atoms with Gasteiger partial charge >= 0.3 is 0 Å². The lowest BCUT2D eigenvalue weighted by molar-refractivity contribution is 0.120. The van der Waals surface area contributed by atoms with Crippen molar-refractivity contribution in [3.05, 3.63) is 60.2 Å². The van der Waals surface area contributed by atoms with Gasteiger partial charge in [0, 0.05) is 45.1 Å². The van der Waals surface area contributed by atoms with Crippen LogP contribution in [0.3, 0.4) is 0 Å². The van der Waals surface area contributed by atoms with Crippen LogP contribution in [-0.4, -0.2) is 50.9 Å². The minimum atomic E-state index is 0.898. The van der Waals surface area contributed by atoms with Gasteiger partial charge in [-0.1, -0.05) is 18.2 Å². The fraction of sp³-hybridized carbons (Fsp3) is 0.333. The predicted molar refractivity (Wildman–Crippen MR) is 90.9 cm³/mol. The molecule has 0 bridgehead atoms. The molecule has 0 unspecified atom stereocenters. The summed E-state index contributed by atoms with van der Waals surface area (Å²) in [7, 11) is 0. The van der Waals surface area contributed by atoms with Crippen molar-refractivity contribution >= 4 is 11.0 Å². The summed E-state index contributed by atoms with van der Waals surface area (Å²) >= 11 is 0. The molecule has 0 saturated carbocycles. The van der Waals surface area contributed by atoms with E-state index in [0.29, 0.717) is 0 Å². The largest absolute Gasteiger partial charge is 0.341 e. The van der Waals surface area contributed by atoms with Crippen LogP contribution >= 0.6 is 0 Å². The van der Waals surface area contributed by atoms with E-state index in [-0.39, 0.29) is 0 Å². The van der Waals surface area contributed by atoms with Gasteiger partial charge in [0.15, 0.2) is 0 Å². The normalized spacial score (nSPS) is 16.9. The van der Waals surface area contributed by atoms with Gasteiger partial charge in [-0.25, -0.2) is 4.98 Å². The lowest BCUT2D eigenvalue weighted by atomic mass is 10.2. The van der Waals surface area contributed by atoms with Gasteiger partial charge < -0.3 is 4.98 Å². The molecular weight excluding hydrogens is 286 g/mol. The highest BCUT2D eigenvalue weighted by Gasteiger charge is 2.18. The molecule has 1 aliphatic heterocycles. The maximum absolute atomic E-state index is 4.67. The summed E-state index contributed by atoms with van der Waals surface area (Å²) in [5.41, 5.74) is 3.47. The molecule has 5 heteroatoms. The summed E-state index contributed by atoms with van der Waals surface area (Å²) in [5, 5.41) is 0. The maximum atomic E-state index is 4.67. The van der Waals surface area contributed by atoms with Crippen LogP contribution in [-0.2, 0) is 13.1 Å². The van der Waals surface area contributed by atoms with E-state index >= 15 is 0 Å².